The normalized spacial score (nSPS) is 24.1. The van der Waals surface area contributed by atoms with Crippen LogP contribution in [0.2, 0.25) is 0 Å². The lowest BCUT2D eigenvalue weighted by molar-refractivity contribution is -0.135. The fourth-order valence-corrected chi connectivity index (χ4v) is 2.54. The van der Waals surface area contributed by atoms with Crippen LogP contribution in [0.1, 0.15) is 24.4 Å². The van der Waals surface area contributed by atoms with Gasteiger partial charge in [-0.1, -0.05) is 12.1 Å². The Morgan fingerprint density at radius 2 is 2.22 bits per heavy atom. The van der Waals surface area contributed by atoms with Crippen LogP contribution in [0.15, 0.2) is 24.3 Å². The van der Waals surface area contributed by atoms with Gasteiger partial charge in [0.2, 0.25) is 5.91 Å². The van der Waals surface area contributed by atoms with Gasteiger partial charge < -0.3 is 10.2 Å². The molecule has 4 heteroatoms. The lowest BCUT2D eigenvalue weighted by Crippen LogP contribution is -2.49. The second kappa shape index (κ2) is 4.69. The minimum absolute atomic E-state index is 0.0254. The third-order valence-electron chi connectivity index (χ3n) is 3.69. The van der Waals surface area contributed by atoms with Crippen molar-refractivity contribution in [1.82, 2.24) is 10.2 Å². The molecule has 1 saturated heterocycles. The van der Waals surface area contributed by atoms with Crippen LogP contribution in [0.25, 0.3) is 0 Å². The molecule has 1 saturated carbocycles. The highest BCUT2D eigenvalue weighted by molar-refractivity contribution is 5.81. The molecule has 96 valence electrons. The molecule has 2 aliphatic rings. The lowest BCUT2D eigenvalue weighted by atomic mass is 10.0. The van der Waals surface area contributed by atoms with Crippen LogP contribution in [0.4, 0.5) is 4.39 Å². The molecule has 1 atom stereocenters. The van der Waals surface area contributed by atoms with E-state index in [2.05, 4.69) is 5.32 Å². The van der Waals surface area contributed by atoms with E-state index in [1.54, 1.807) is 6.07 Å². The first-order chi connectivity index (χ1) is 8.75. The number of nitrogens with one attached hydrogen (secondary N) is 1. The zero-order valence-corrected chi connectivity index (χ0v) is 10.2. The van der Waals surface area contributed by atoms with Crippen molar-refractivity contribution in [3.8, 4) is 0 Å². The van der Waals surface area contributed by atoms with Crippen LogP contribution in [0.3, 0.4) is 0 Å². The van der Waals surface area contributed by atoms with Crippen LogP contribution in [-0.4, -0.2) is 30.4 Å². The summed E-state index contributed by atoms with van der Waals surface area (Å²) in [4.78, 5) is 14.2. The average Bonchev–Trinajstić information content (AvgIpc) is 3.22. The molecular weight excluding hydrogens is 231 g/mol. The molecule has 1 amide bonds. The third kappa shape index (κ3) is 2.25. The van der Waals surface area contributed by atoms with Gasteiger partial charge in [0.05, 0.1) is 6.04 Å². The second-order valence-corrected chi connectivity index (χ2v) is 5.08. The molecule has 0 aromatic heterocycles. The minimum atomic E-state index is -0.239. The van der Waals surface area contributed by atoms with Gasteiger partial charge in [0.15, 0.2) is 0 Å². The molecule has 1 unspecified atom stereocenters. The maximum atomic E-state index is 13.3. The molecule has 3 rings (SSSR count). The van der Waals surface area contributed by atoms with Gasteiger partial charge >= 0.3 is 0 Å². The summed E-state index contributed by atoms with van der Waals surface area (Å²) in [7, 11) is 0. The number of amides is 1. The predicted octanol–water partition coefficient (Wildman–Crippen LogP) is 1.71. The number of carbonyl (C=O) groups is 1. The number of carbonyl (C=O) groups excluding carboxylic acids is 1. The number of nitrogens with zero attached hydrogens (tertiary/aromatic N) is 1. The van der Waals surface area contributed by atoms with Crippen molar-refractivity contribution in [3.63, 3.8) is 0 Å². The Balaban J connectivity index is 1.84. The number of rotatable bonds is 2. The molecule has 1 aromatic carbocycles. The largest absolute Gasteiger partial charge is 0.333 e. The van der Waals surface area contributed by atoms with Crippen molar-refractivity contribution in [3.05, 3.63) is 35.6 Å². The molecule has 18 heavy (non-hydrogen) atoms. The zero-order chi connectivity index (χ0) is 12.5. The van der Waals surface area contributed by atoms with Crippen LogP contribution in [0, 0.1) is 11.7 Å². The zero-order valence-electron chi connectivity index (χ0n) is 10.2. The number of halogens is 1. The second-order valence-electron chi connectivity index (χ2n) is 5.08. The van der Waals surface area contributed by atoms with E-state index in [-0.39, 0.29) is 23.7 Å². The molecule has 0 spiro atoms. The molecule has 1 aliphatic carbocycles. The van der Waals surface area contributed by atoms with E-state index in [0.717, 1.165) is 31.5 Å². The van der Waals surface area contributed by atoms with Gasteiger partial charge in [0, 0.05) is 25.6 Å². The first-order valence-corrected chi connectivity index (χ1v) is 6.52. The molecule has 0 radical (unpaired) electrons. The van der Waals surface area contributed by atoms with Crippen LogP contribution >= 0.6 is 0 Å². The summed E-state index contributed by atoms with van der Waals surface area (Å²) in [6.45, 7) is 2.25. The third-order valence-corrected chi connectivity index (χ3v) is 3.69. The highest BCUT2D eigenvalue weighted by atomic mass is 19.1. The maximum absolute atomic E-state index is 13.3. The standard InChI is InChI=1S/C14H17FN2O/c15-12-3-1-2-11(8-12)13-9-16-6-7-17(13)14(18)10-4-5-10/h1-3,8,10,13,16H,4-7,9H2. The van der Waals surface area contributed by atoms with Gasteiger partial charge in [0.1, 0.15) is 5.82 Å². The van der Waals surface area contributed by atoms with Crippen LogP contribution in [-0.2, 0) is 4.79 Å². The number of hydrogen-bond donors (Lipinski definition) is 1. The Kier molecular flexibility index (Phi) is 3.04. The molecule has 1 heterocycles. The van der Waals surface area contributed by atoms with Gasteiger partial charge in [-0.05, 0) is 30.5 Å². The monoisotopic (exact) mass is 248 g/mol. The molecular formula is C14H17FN2O. The average molecular weight is 248 g/mol. The van der Waals surface area contributed by atoms with Crippen molar-refractivity contribution in [2.45, 2.75) is 18.9 Å². The van der Waals surface area contributed by atoms with Gasteiger partial charge in [-0.15, -0.1) is 0 Å². The topological polar surface area (TPSA) is 32.3 Å². The van der Waals surface area contributed by atoms with Crippen molar-refractivity contribution in [2.24, 2.45) is 5.92 Å². The van der Waals surface area contributed by atoms with Crippen molar-refractivity contribution in [1.29, 1.82) is 0 Å². The smallest absolute Gasteiger partial charge is 0.226 e. The van der Waals surface area contributed by atoms with Gasteiger partial charge in [-0.25, -0.2) is 4.39 Å². The van der Waals surface area contributed by atoms with E-state index >= 15 is 0 Å². The summed E-state index contributed by atoms with van der Waals surface area (Å²) >= 11 is 0. The minimum Gasteiger partial charge on any atom is -0.333 e. The van der Waals surface area contributed by atoms with Crippen molar-refractivity contribution in [2.75, 3.05) is 19.6 Å². The van der Waals surface area contributed by atoms with Crippen molar-refractivity contribution < 1.29 is 9.18 Å². The van der Waals surface area contributed by atoms with Gasteiger partial charge in [0.25, 0.3) is 0 Å². The molecule has 1 aliphatic heterocycles. The van der Waals surface area contributed by atoms with E-state index in [1.807, 2.05) is 11.0 Å². The van der Waals surface area contributed by atoms with Gasteiger partial charge in [-0.3, -0.25) is 4.79 Å². The predicted molar refractivity (Wildman–Crippen MR) is 66.4 cm³/mol. The molecule has 3 nitrogen and oxygen atoms in total. The Morgan fingerprint density at radius 3 is 2.94 bits per heavy atom. The Morgan fingerprint density at radius 1 is 1.39 bits per heavy atom. The first kappa shape index (κ1) is 11.7. The van der Waals surface area contributed by atoms with E-state index in [9.17, 15) is 9.18 Å². The van der Waals surface area contributed by atoms with Crippen LogP contribution in [0.5, 0.6) is 0 Å². The fourth-order valence-electron chi connectivity index (χ4n) is 2.54. The highest BCUT2D eigenvalue weighted by Gasteiger charge is 2.37. The first-order valence-electron chi connectivity index (χ1n) is 6.52. The van der Waals surface area contributed by atoms with Crippen molar-refractivity contribution >= 4 is 5.91 Å². The number of hydrogen-bond acceptors (Lipinski definition) is 2. The number of benzene rings is 1. The fraction of sp³-hybridized carbons (Fsp3) is 0.500. The van der Waals surface area contributed by atoms with Gasteiger partial charge in [-0.2, -0.15) is 0 Å². The quantitative estimate of drug-likeness (QED) is 0.864. The van der Waals surface area contributed by atoms with Crippen LogP contribution < -0.4 is 5.32 Å². The van der Waals surface area contributed by atoms with E-state index < -0.39 is 0 Å². The summed E-state index contributed by atoms with van der Waals surface area (Å²) < 4.78 is 13.3. The van der Waals surface area contributed by atoms with E-state index in [0.29, 0.717) is 6.54 Å². The Hall–Kier alpha value is -1.42. The summed E-state index contributed by atoms with van der Waals surface area (Å²) in [6.07, 6.45) is 2.03. The molecule has 0 bridgehead atoms. The van der Waals surface area contributed by atoms with E-state index in [4.69, 9.17) is 0 Å². The SMILES string of the molecule is O=C(C1CC1)N1CCNCC1c1cccc(F)c1. The summed E-state index contributed by atoms with van der Waals surface area (Å²) in [5, 5.41) is 3.28. The maximum Gasteiger partial charge on any atom is 0.226 e. The summed E-state index contributed by atoms with van der Waals surface area (Å²) in [6, 6.07) is 6.55. The summed E-state index contributed by atoms with van der Waals surface area (Å²) in [5.74, 6) is 0.224. The molecule has 2 fully saturated rings. The number of piperazine rings is 1. The summed E-state index contributed by atoms with van der Waals surface area (Å²) in [5.41, 5.74) is 0.885. The van der Waals surface area contributed by atoms with E-state index in [1.165, 1.54) is 12.1 Å². The molecule has 1 aromatic rings. The molecule has 1 N–H and O–H groups in total. The Labute approximate surface area is 106 Å². The highest BCUT2D eigenvalue weighted by Crippen LogP contribution is 2.34. The Bertz CT molecular complexity index is 459. The lowest BCUT2D eigenvalue weighted by Gasteiger charge is -2.36.